The molecule has 0 fully saturated rings. The molecule has 0 heterocycles. The van der Waals surface area contributed by atoms with Crippen molar-refractivity contribution in [1.29, 1.82) is 0 Å². The minimum absolute atomic E-state index is 0.0757. The number of hydrogen-bond donors (Lipinski definition) is 3. The monoisotopic (exact) mass is 278 g/mol. The summed E-state index contributed by atoms with van der Waals surface area (Å²) in [4.78, 5) is 22.7. The van der Waals surface area contributed by atoms with Crippen LogP contribution in [0.4, 0.5) is 0 Å². The Morgan fingerprint density at radius 3 is 2.50 bits per heavy atom. The molecular formula is C15H22N2O3. The fourth-order valence-corrected chi connectivity index (χ4v) is 1.96. The number of nitrogens with two attached hydrogens (primary N) is 1. The number of carbonyl (C=O) groups is 2. The lowest BCUT2D eigenvalue weighted by atomic mass is 10.0. The van der Waals surface area contributed by atoms with Crippen molar-refractivity contribution in [1.82, 2.24) is 5.32 Å². The first-order chi connectivity index (χ1) is 9.49. The Morgan fingerprint density at radius 2 is 1.95 bits per heavy atom. The molecule has 2 unspecified atom stereocenters. The van der Waals surface area contributed by atoms with Crippen LogP contribution in [0.25, 0.3) is 0 Å². The van der Waals surface area contributed by atoms with Crippen LogP contribution in [0.5, 0.6) is 0 Å². The molecule has 0 saturated carbocycles. The van der Waals surface area contributed by atoms with E-state index < -0.39 is 12.0 Å². The summed E-state index contributed by atoms with van der Waals surface area (Å²) in [6, 6.07) is 8.72. The number of carboxylic acids is 1. The van der Waals surface area contributed by atoms with Gasteiger partial charge < -0.3 is 16.2 Å². The maximum Gasteiger partial charge on any atom is 0.305 e. The molecule has 5 nitrogen and oxygen atoms in total. The van der Waals surface area contributed by atoms with Gasteiger partial charge in [-0.3, -0.25) is 9.59 Å². The van der Waals surface area contributed by atoms with Gasteiger partial charge in [0.05, 0.1) is 12.5 Å². The Labute approximate surface area is 119 Å². The van der Waals surface area contributed by atoms with Crippen molar-refractivity contribution < 1.29 is 14.7 Å². The number of aliphatic carboxylic acids is 1. The minimum Gasteiger partial charge on any atom is -0.481 e. The van der Waals surface area contributed by atoms with Gasteiger partial charge in [-0.05, 0) is 25.3 Å². The van der Waals surface area contributed by atoms with Gasteiger partial charge >= 0.3 is 5.97 Å². The van der Waals surface area contributed by atoms with E-state index in [1.54, 1.807) is 0 Å². The van der Waals surface area contributed by atoms with E-state index in [-0.39, 0.29) is 18.4 Å². The number of rotatable bonds is 8. The summed E-state index contributed by atoms with van der Waals surface area (Å²) < 4.78 is 0. The molecule has 0 spiro atoms. The third kappa shape index (κ3) is 6.33. The van der Waals surface area contributed by atoms with Crippen LogP contribution >= 0.6 is 0 Å². The Hall–Kier alpha value is -1.88. The van der Waals surface area contributed by atoms with E-state index in [0.717, 1.165) is 12.0 Å². The molecule has 0 bridgehead atoms. The highest BCUT2D eigenvalue weighted by Gasteiger charge is 2.17. The second-order valence-electron chi connectivity index (χ2n) is 5.00. The second kappa shape index (κ2) is 8.32. The van der Waals surface area contributed by atoms with Gasteiger partial charge in [0.2, 0.25) is 5.91 Å². The van der Waals surface area contributed by atoms with Crippen molar-refractivity contribution in [3.8, 4) is 0 Å². The maximum absolute atomic E-state index is 11.8. The highest BCUT2D eigenvalue weighted by Crippen LogP contribution is 2.17. The number of benzene rings is 1. The van der Waals surface area contributed by atoms with Crippen molar-refractivity contribution in [3.63, 3.8) is 0 Å². The average molecular weight is 278 g/mol. The summed E-state index contributed by atoms with van der Waals surface area (Å²) in [5.74, 6) is -1.07. The van der Waals surface area contributed by atoms with Crippen LogP contribution < -0.4 is 11.1 Å². The molecule has 1 rings (SSSR count). The molecule has 1 aromatic rings. The van der Waals surface area contributed by atoms with E-state index in [1.807, 2.05) is 37.3 Å². The van der Waals surface area contributed by atoms with Crippen LogP contribution in [0.1, 0.15) is 44.2 Å². The number of amides is 1. The molecule has 20 heavy (non-hydrogen) atoms. The third-order valence-corrected chi connectivity index (χ3v) is 2.98. The quantitative estimate of drug-likeness (QED) is 0.676. The average Bonchev–Trinajstić information content (AvgIpc) is 2.38. The first-order valence-corrected chi connectivity index (χ1v) is 6.80. The normalized spacial score (nSPS) is 13.5. The van der Waals surface area contributed by atoms with Gasteiger partial charge in [-0.15, -0.1) is 0 Å². The molecule has 0 aliphatic heterocycles. The number of hydrogen-bond acceptors (Lipinski definition) is 3. The summed E-state index contributed by atoms with van der Waals surface area (Å²) in [5.41, 5.74) is 6.43. The van der Waals surface area contributed by atoms with E-state index in [4.69, 9.17) is 10.8 Å². The Balaban J connectivity index is 2.57. The van der Waals surface area contributed by atoms with Crippen molar-refractivity contribution in [3.05, 3.63) is 35.9 Å². The molecular weight excluding hydrogens is 256 g/mol. The Morgan fingerprint density at radius 1 is 1.30 bits per heavy atom. The summed E-state index contributed by atoms with van der Waals surface area (Å²) >= 11 is 0. The van der Waals surface area contributed by atoms with Crippen molar-refractivity contribution in [2.24, 2.45) is 5.73 Å². The smallest absolute Gasteiger partial charge is 0.305 e. The Kier molecular flexibility index (Phi) is 6.73. The predicted molar refractivity (Wildman–Crippen MR) is 77.1 cm³/mol. The van der Waals surface area contributed by atoms with Gasteiger partial charge in [0.25, 0.3) is 0 Å². The lowest BCUT2D eigenvalue weighted by Crippen LogP contribution is -2.30. The Bertz CT molecular complexity index is 432. The third-order valence-electron chi connectivity index (χ3n) is 2.98. The largest absolute Gasteiger partial charge is 0.481 e. The van der Waals surface area contributed by atoms with Crippen LogP contribution in [0, 0.1) is 0 Å². The molecule has 0 aliphatic carbocycles. The topological polar surface area (TPSA) is 92.4 Å². The first kappa shape index (κ1) is 16.2. The van der Waals surface area contributed by atoms with E-state index in [0.29, 0.717) is 12.8 Å². The summed E-state index contributed by atoms with van der Waals surface area (Å²) in [6.07, 6.45) is 1.73. The van der Waals surface area contributed by atoms with E-state index >= 15 is 0 Å². The lowest BCUT2D eigenvalue weighted by Gasteiger charge is -2.17. The number of carbonyl (C=O) groups excluding carboxylic acids is 1. The van der Waals surface area contributed by atoms with Gasteiger partial charge in [-0.1, -0.05) is 30.3 Å². The second-order valence-corrected chi connectivity index (χ2v) is 5.00. The molecule has 0 aliphatic rings. The van der Waals surface area contributed by atoms with Crippen LogP contribution in [0.3, 0.4) is 0 Å². The molecule has 4 N–H and O–H groups in total. The lowest BCUT2D eigenvalue weighted by molar-refractivity contribution is -0.137. The molecule has 0 aromatic heterocycles. The van der Waals surface area contributed by atoms with Gasteiger partial charge in [-0.25, -0.2) is 0 Å². The molecule has 2 atom stereocenters. The molecule has 5 heteroatoms. The van der Waals surface area contributed by atoms with E-state index in [9.17, 15) is 9.59 Å². The van der Waals surface area contributed by atoms with Crippen molar-refractivity contribution in [2.75, 3.05) is 0 Å². The highest BCUT2D eigenvalue weighted by atomic mass is 16.4. The minimum atomic E-state index is -0.935. The predicted octanol–water partition coefficient (Wildman–Crippen LogP) is 1.84. The zero-order chi connectivity index (χ0) is 15.0. The van der Waals surface area contributed by atoms with Gasteiger partial charge in [0, 0.05) is 12.5 Å². The molecule has 0 saturated heterocycles. The fourth-order valence-electron chi connectivity index (χ4n) is 1.96. The van der Waals surface area contributed by atoms with E-state index in [1.165, 1.54) is 0 Å². The van der Waals surface area contributed by atoms with Crippen molar-refractivity contribution >= 4 is 11.9 Å². The highest BCUT2D eigenvalue weighted by molar-refractivity contribution is 5.77. The zero-order valence-corrected chi connectivity index (χ0v) is 11.7. The molecule has 1 amide bonds. The van der Waals surface area contributed by atoms with Crippen LogP contribution in [-0.4, -0.2) is 23.0 Å². The first-order valence-electron chi connectivity index (χ1n) is 6.80. The van der Waals surface area contributed by atoms with Crippen LogP contribution in [0.2, 0.25) is 0 Å². The summed E-state index contributed by atoms with van der Waals surface area (Å²) in [6.45, 7) is 1.90. The SMILES string of the molecule is CC(N)CCCC(=O)NC(CC(=O)O)c1ccccc1. The van der Waals surface area contributed by atoms with Crippen molar-refractivity contribution in [2.45, 2.75) is 44.7 Å². The van der Waals surface area contributed by atoms with Gasteiger partial charge in [-0.2, -0.15) is 0 Å². The number of nitrogens with one attached hydrogen (secondary N) is 1. The van der Waals surface area contributed by atoms with Gasteiger partial charge in [0.1, 0.15) is 0 Å². The standard InChI is InChI=1S/C15H22N2O3/c1-11(16)6-5-9-14(18)17-13(10-15(19)20)12-7-3-2-4-8-12/h2-4,7-8,11,13H,5-6,9-10,16H2,1H3,(H,17,18)(H,19,20). The molecule has 0 radical (unpaired) electrons. The summed E-state index contributed by atoms with van der Waals surface area (Å²) in [5, 5.41) is 11.7. The fraction of sp³-hybridized carbons (Fsp3) is 0.467. The number of carboxylic acid groups (broad SMARTS) is 1. The van der Waals surface area contributed by atoms with E-state index in [2.05, 4.69) is 5.32 Å². The van der Waals surface area contributed by atoms with Crippen LogP contribution in [0.15, 0.2) is 30.3 Å². The van der Waals surface area contributed by atoms with Crippen LogP contribution in [-0.2, 0) is 9.59 Å². The molecule has 110 valence electrons. The molecule has 1 aromatic carbocycles. The summed E-state index contributed by atoms with van der Waals surface area (Å²) in [7, 11) is 0. The maximum atomic E-state index is 11.8. The zero-order valence-electron chi connectivity index (χ0n) is 11.7. The van der Waals surface area contributed by atoms with Gasteiger partial charge in [0.15, 0.2) is 0 Å².